The quantitative estimate of drug-likeness (QED) is 0.587. The molecule has 1 unspecified atom stereocenters. The lowest BCUT2D eigenvalue weighted by Crippen LogP contribution is -2.43. The number of hydrogen-bond acceptors (Lipinski definition) is 3. The molecule has 17 heavy (non-hydrogen) atoms. The van der Waals surface area contributed by atoms with Crippen LogP contribution in [0, 0.1) is 11.3 Å². The van der Waals surface area contributed by atoms with E-state index in [2.05, 4.69) is 16.0 Å². The second kappa shape index (κ2) is 6.00. The van der Waals surface area contributed by atoms with Gasteiger partial charge < -0.3 is 16.0 Å². The minimum atomic E-state index is -0.290. The minimum absolute atomic E-state index is 0.0118. The van der Waals surface area contributed by atoms with E-state index in [0.29, 0.717) is 13.1 Å². The van der Waals surface area contributed by atoms with Gasteiger partial charge in [-0.2, -0.15) is 0 Å². The van der Waals surface area contributed by atoms with E-state index in [1.165, 1.54) is 0 Å². The molecular weight excluding hydrogens is 218 g/mol. The summed E-state index contributed by atoms with van der Waals surface area (Å²) >= 11 is 0. The van der Waals surface area contributed by atoms with Gasteiger partial charge in [0.05, 0.1) is 5.41 Å². The Morgan fingerprint density at radius 2 is 1.94 bits per heavy atom. The van der Waals surface area contributed by atoms with Crippen molar-refractivity contribution in [1.29, 1.82) is 0 Å². The molecule has 1 fully saturated rings. The molecule has 5 heteroatoms. The molecule has 0 radical (unpaired) electrons. The Hall–Kier alpha value is -1.10. The Kier molecular flexibility index (Phi) is 4.93. The number of rotatable bonds is 5. The molecule has 0 saturated carbocycles. The summed E-state index contributed by atoms with van der Waals surface area (Å²) in [6.45, 7) is 8.28. The van der Waals surface area contributed by atoms with Crippen molar-refractivity contribution in [3.8, 4) is 0 Å². The molecule has 0 spiro atoms. The third kappa shape index (κ3) is 4.00. The maximum Gasteiger partial charge on any atom is 0.227 e. The summed E-state index contributed by atoms with van der Waals surface area (Å²) in [7, 11) is 0. The first-order chi connectivity index (χ1) is 7.96. The van der Waals surface area contributed by atoms with E-state index in [1.54, 1.807) is 0 Å². The van der Waals surface area contributed by atoms with Gasteiger partial charge in [0.2, 0.25) is 11.8 Å². The Balaban J connectivity index is 2.18. The molecule has 5 nitrogen and oxygen atoms in total. The molecular formula is C12H23N3O2. The first kappa shape index (κ1) is 14.0. The van der Waals surface area contributed by atoms with E-state index >= 15 is 0 Å². The highest BCUT2D eigenvalue weighted by molar-refractivity contribution is 5.83. The maximum absolute atomic E-state index is 11.9. The van der Waals surface area contributed by atoms with E-state index in [-0.39, 0.29) is 23.1 Å². The Labute approximate surface area is 103 Å². The highest BCUT2D eigenvalue weighted by Crippen LogP contribution is 2.24. The van der Waals surface area contributed by atoms with Gasteiger partial charge in [-0.1, -0.05) is 13.8 Å². The van der Waals surface area contributed by atoms with Crippen LogP contribution in [0.5, 0.6) is 0 Å². The summed E-state index contributed by atoms with van der Waals surface area (Å²) in [5.74, 6) is 0.0801. The van der Waals surface area contributed by atoms with Crippen molar-refractivity contribution in [2.24, 2.45) is 11.3 Å². The van der Waals surface area contributed by atoms with Crippen LogP contribution in [0.25, 0.3) is 0 Å². The Bertz CT molecular complexity index is 283. The molecule has 3 N–H and O–H groups in total. The monoisotopic (exact) mass is 241 g/mol. The molecule has 0 aromatic carbocycles. The number of hydrogen-bond donors (Lipinski definition) is 3. The molecule has 0 aromatic rings. The van der Waals surface area contributed by atoms with Crippen molar-refractivity contribution < 1.29 is 9.59 Å². The highest BCUT2D eigenvalue weighted by atomic mass is 16.2. The molecule has 0 aliphatic carbocycles. The van der Waals surface area contributed by atoms with Crippen molar-refractivity contribution in [1.82, 2.24) is 16.0 Å². The van der Waals surface area contributed by atoms with E-state index in [9.17, 15) is 9.59 Å². The molecule has 1 saturated heterocycles. The van der Waals surface area contributed by atoms with E-state index in [0.717, 1.165) is 19.5 Å². The number of carbonyl (C=O) groups excluding carboxylic acids is 2. The van der Waals surface area contributed by atoms with Gasteiger partial charge in [-0.15, -0.1) is 0 Å². The van der Waals surface area contributed by atoms with Crippen LogP contribution in [0.1, 0.15) is 27.2 Å². The van der Waals surface area contributed by atoms with Crippen LogP contribution in [-0.4, -0.2) is 38.0 Å². The average molecular weight is 241 g/mol. The summed E-state index contributed by atoms with van der Waals surface area (Å²) in [6.07, 6.45) is 0.872. The SMILES string of the molecule is CC(C)C(=O)NCCNC(=O)C1(C)CCNC1. The average Bonchev–Trinajstić information content (AvgIpc) is 2.72. The molecule has 1 rings (SSSR count). The summed E-state index contributed by atoms with van der Waals surface area (Å²) in [4.78, 5) is 23.2. The normalized spacial score (nSPS) is 23.8. The lowest BCUT2D eigenvalue weighted by molar-refractivity contribution is -0.129. The van der Waals surface area contributed by atoms with E-state index < -0.39 is 0 Å². The summed E-state index contributed by atoms with van der Waals surface area (Å²) < 4.78 is 0. The smallest absolute Gasteiger partial charge is 0.227 e. The zero-order chi connectivity index (χ0) is 12.9. The lowest BCUT2D eigenvalue weighted by Gasteiger charge is -2.21. The molecule has 1 aliphatic heterocycles. The number of carbonyl (C=O) groups is 2. The van der Waals surface area contributed by atoms with Gasteiger partial charge in [-0.3, -0.25) is 9.59 Å². The minimum Gasteiger partial charge on any atom is -0.354 e. The molecule has 1 heterocycles. The van der Waals surface area contributed by atoms with Crippen LogP contribution < -0.4 is 16.0 Å². The van der Waals surface area contributed by atoms with Crippen LogP contribution in [0.2, 0.25) is 0 Å². The fourth-order valence-electron chi connectivity index (χ4n) is 1.79. The molecule has 2 amide bonds. The lowest BCUT2D eigenvalue weighted by atomic mass is 9.89. The largest absolute Gasteiger partial charge is 0.354 e. The second-order valence-electron chi connectivity index (χ2n) is 5.19. The first-order valence-electron chi connectivity index (χ1n) is 6.22. The van der Waals surface area contributed by atoms with Gasteiger partial charge in [-0.05, 0) is 19.9 Å². The molecule has 0 bridgehead atoms. The predicted octanol–water partition coefficient (Wildman–Crippen LogP) is -0.126. The Morgan fingerprint density at radius 3 is 2.47 bits per heavy atom. The standard InChI is InChI=1S/C12H23N3O2/c1-9(2)10(16)14-6-7-15-11(17)12(3)4-5-13-8-12/h9,13H,4-8H2,1-3H3,(H,14,16)(H,15,17). The van der Waals surface area contributed by atoms with Gasteiger partial charge in [0.15, 0.2) is 0 Å². The van der Waals surface area contributed by atoms with Gasteiger partial charge in [0.25, 0.3) is 0 Å². The van der Waals surface area contributed by atoms with Gasteiger partial charge in [0, 0.05) is 25.6 Å². The topological polar surface area (TPSA) is 70.2 Å². The van der Waals surface area contributed by atoms with Gasteiger partial charge in [-0.25, -0.2) is 0 Å². The van der Waals surface area contributed by atoms with Crippen molar-refractivity contribution in [2.45, 2.75) is 27.2 Å². The van der Waals surface area contributed by atoms with Crippen molar-refractivity contribution in [2.75, 3.05) is 26.2 Å². The molecule has 98 valence electrons. The summed E-state index contributed by atoms with van der Waals surface area (Å²) in [5.41, 5.74) is -0.290. The van der Waals surface area contributed by atoms with Crippen molar-refractivity contribution >= 4 is 11.8 Å². The van der Waals surface area contributed by atoms with Crippen LogP contribution in [-0.2, 0) is 9.59 Å². The van der Waals surface area contributed by atoms with Crippen LogP contribution in [0.3, 0.4) is 0 Å². The fourth-order valence-corrected chi connectivity index (χ4v) is 1.79. The zero-order valence-corrected chi connectivity index (χ0v) is 10.9. The molecule has 0 aromatic heterocycles. The third-order valence-corrected chi connectivity index (χ3v) is 3.15. The van der Waals surface area contributed by atoms with E-state index in [4.69, 9.17) is 0 Å². The molecule has 1 aliphatic rings. The zero-order valence-electron chi connectivity index (χ0n) is 10.9. The summed E-state index contributed by atoms with van der Waals surface area (Å²) in [5, 5.41) is 8.82. The van der Waals surface area contributed by atoms with Crippen molar-refractivity contribution in [3.05, 3.63) is 0 Å². The second-order valence-corrected chi connectivity index (χ2v) is 5.19. The summed E-state index contributed by atoms with van der Waals surface area (Å²) in [6, 6.07) is 0. The number of amides is 2. The molecule has 1 atom stereocenters. The van der Waals surface area contributed by atoms with Gasteiger partial charge >= 0.3 is 0 Å². The van der Waals surface area contributed by atoms with Crippen LogP contribution >= 0.6 is 0 Å². The van der Waals surface area contributed by atoms with E-state index in [1.807, 2.05) is 20.8 Å². The first-order valence-corrected chi connectivity index (χ1v) is 6.22. The van der Waals surface area contributed by atoms with Crippen LogP contribution in [0.4, 0.5) is 0 Å². The van der Waals surface area contributed by atoms with Crippen molar-refractivity contribution in [3.63, 3.8) is 0 Å². The maximum atomic E-state index is 11.9. The predicted molar refractivity (Wildman–Crippen MR) is 66.5 cm³/mol. The van der Waals surface area contributed by atoms with Gasteiger partial charge in [0.1, 0.15) is 0 Å². The third-order valence-electron chi connectivity index (χ3n) is 3.15. The highest BCUT2D eigenvalue weighted by Gasteiger charge is 2.35. The Morgan fingerprint density at radius 1 is 1.29 bits per heavy atom. The van der Waals surface area contributed by atoms with Crippen LogP contribution in [0.15, 0.2) is 0 Å². The fraction of sp³-hybridized carbons (Fsp3) is 0.833. The number of nitrogens with one attached hydrogen (secondary N) is 3.